The lowest BCUT2D eigenvalue weighted by atomic mass is 9.56. The van der Waals surface area contributed by atoms with Gasteiger partial charge in [-0.3, -0.25) is 4.90 Å². The average molecular weight is 488 g/mol. The number of benzene rings is 2. The Morgan fingerprint density at radius 1 is 1.07 bits per heavy atom. The zero-order valence-electron chi connectivity index (χ0n) is 16.6. The minimum Gasteiger partial charge on any atom is -0.493 e. The van der Waals surface area contributed by atoms with Crippen LogP contribution in [0.15, 0.2) is 36.4 Å². The minimum absolute atomic E-state index is 0.0938. The van der Waals surface area contributed by atoms with Crippen LogP contribution < -0.4 is 9.47 Å². The van der Waals surface area contributed by atoms with E-state index in [4.69, 9.17) is 9.47 Å². The number of nitriles is 1. The van der Waals surface area contributed by atoms with E-state index < -0.39 is 0 Å². The van der Waals surface area contributed by atoms with Crippen molar-refractivity contribution in [2.75, 3.05) is 27.8 Å². The van der Waals surface area contributed by atoms with Crippen LogP contribution in [-0.2, 0) is 15.4 Å². The lowest BCUT2D eigenvalue weighted by molar-refractivity contribution is 0.0563. The molecule has 0 radical (unpaired) electrons. The second-order valence-electron chi connectivity index (χ2n) is 7.75. The molecule has 2 aromatic carbocycles. The first-order valence-corrected chi connectivity index (χ1v) is 10.7. The summed E-state index contributed by atoms with van der Waals surface area (Å²) in [5.41, 5.74) is 4.47. The molecule has 0 spiro atoms. The van der Waals surface area contributed by atoms with E-state index in [0.717, 1.165) is 42.9 Å². The van der Waals surface area contributed by atoms with E-state index in [1.165, 1.54) is 23.1 Å². The topological polar surface area (TPSA) is 45.5 Å². The van der Waals surface area contributed by atoms with Gasteiger partial charge in [0.1, 0.15) is 3.55 Å². The Balaban J connectivity index is 1.97. The SMILES string of the molecule is COc1cc2c(cc1OC)C(I)(C1(c3ccccc3C#N)CCC1)N(C)CC2. The van der Waals surface area contributed by atoms with Crippen molar-refractivity contribution >= 4 is 22.6 Å². The largest absolute Gasteiger partial charge is 0.493 e. The lowest BCUT2D eigenvalue weighted by Gasteiger charge is -2.59. The number of alkyl halides is 1. The molecule has 0 amide bonds. The van der Waals surface area contributed by atoms with Crippen LogP contribution in [0, 0.1) is 11.3 Å². The van der Waals surface area contributed by atoms with Crippen LogP contribution in [0.25, 0.3) is 0 Å². The van der Waals surface area contributed by atoms with Gasteiger partial charge in [0.05, 0.1) is 25.9 Å². The Labute approximate surface area is 180 Å². The molecule has 0 saturated heterocycles. The molecule has 4 rings (SSSR count). The molecule has 1 fully saturated rings. The van der Waals surface area contributed by atoms with Gasteiger partial charge in [0.15, 0.2) is 11.5 Å². The van der Waals surface area contributed by atoms with Crippen molar-refractivity contribution in [3.8, 4) is 17.6 Å². The van der Waals surface area contributed by atoms with E-state index in [1.54, 1.807) is 14.2 Å². The Morgan fingerprint density at radius 2 is 1.75 bits per heavy atom. The Morgan fingerprint density at radius 3 is 2.36 bits per heavy atom. The predicted molar refractivity (Wildman–Crippen MR) is 118 cm³/mol. The Hall–Kier alpha value is -1.78. The molecule has 1 heterocycles. The van der Waals surface area contributed by atoms with Crippen molar-refractivity contribution in [2.24, 2.45) is 0 Å². The van der Waals surface area contributed by atoms with Crippen LogP contribution in [-0.4, -0.2) is 32.7 Å². The summed E-state index contributed by atoms with van der Waals surface area (Å²) in [6, 6.07) is 14.9. The fraction of sp³-hybridized carbons (Fsp3) is 0.435. The van der Waals surface area contributed by atoms with E-state index >= 15 is 0 Å². The molecule has 1 atom stereocenters. The normalized spacial score (nSPS) is 23.2. The van der Waals surface area contributed by atoms with Gasteiger partial charge < -0.3 is 9.47 Å². The second kappa shape index (κ2) is 7.23. The van der Waals surface area contributed by atoms with E-state index in [0.29, 0.717) is 0 Å². The maximum Gasteiger partial charge on any atom is 0.161 e. The van der Waals surface area contributed by atoms with Gasteiger partial charge in [-0.2, -0.15) is 5.26 Å². The summed E-state index contributed by atoms with van der Waals surface area (Å²) < 4.78 is 11.0. The molecule has 2 aromatic rings. The third-order valence-electron chi connectivity index (χ3n) is 6.61. The number of halogens is 1. The van der Waals surface area contributed by atoms with Gasteiger partial charge in [-0.15, -0.1) is 0 Å². The molecule has 1 saturated carbocycles. The molecule has 4 nitrogen and oxygen atoms in total. The molecule has 5 heteroatoms. The Kier molecular flexibility index (Phi) is 5.05. The average Bonchev–Trinajstić information content (AvgIpc) is 2.69. The molecule has 28 heavy (non-hydrogen) atoms. The number of rotatable bonds is 4. The van der Waals surface area contributed by atoms with Gasteiger partial charge in [0.2, 0.25) is 0 Å². The number of hydrogen-bond acceptors (Lipinski definition) is 4. The number of ether oxygens (including phenoxy) is 2. The van der Waals surface area contributed by atoms with Gasteiger partial charge in [0, 0.05) is 12.0 Å². The van der Waals surface area contributed by atoms with Gasteiger partial charge in [-0.05, 0) is 61.2 Å². The van der Waals surface area contributed by atoms with Crippen LogP contribution in [0.1, 0.15) is 41.5 Å². The van der Waals surface area contributed by atoms with Crippen LogP contribution in [0.5, 0.6) is 11.5 Å². The third kappa shape index (κ3) is 2.57. The first-order chi connectivity index (χ1) is 13.5. The number of hydrogen-bond donors (Lipinski definition) is 0. The maximum absolute atomic E-state index is 9.79. The fourth-order valence-corrected chi connectivity index (χ4v) is 6.59. The van der Waals surface area contributed by atoms with E-state index in [2.05, 4.69) is 64.9 Å². The number of nitrogens with zero attached hydrogens (tertiary/aromatic N) is 2. The maximum atomic E-state index is 9.79. The molecule has 1 aliphatic heterocycles. The molecule has 0 aromatic heterocycles. The van der Waals surface area contributed by atoms with Crippen molar-refractivity contribution in [1.29, 1.82) is 5.26 Å². The van der Waals surface area contributed by atoms with Crippen LogP contribution in [0.4, 0.5) is 0 Å². The summed E-state index contributed by atoms with van der Waals surface area (Å²) >= 11 is 2.65. The van der Waals surface area contributed by atoms with E-state index in [9.17, 15) is 5.26 Å². The highest BCUT2D eigenvalue weighted by molar-refractivity contribution is 14.1. The van der Waals surface area contributed by atoms with Gasteiger partial charge in [-0.1, -0.05) is 47.2 Å². The quantitative estimate of drug-likeness (QED) is 0.353. The predicted octanol–water partition coefficient (Wildman–Crippen LogP) is 4.77. The summed E-state index contributed by atoms with van der Waals surface area (Å²) in [6.07, 6.45) is 4.31. The first-order valence-electron chi connectivity index (χ1n) is 9.67. The molecular formula is C23H25IN2O2. The van der Waals surface area contributed by atoms with Crippen LogP contribution in [0.2, 0.25) is 0 Å². The zero-order valence-corrected chi connectivity index (χ0v) is 18.7. The number of likely N-dealkylation sites (N-methyl/N-ethyl adjacent to an activating group) is 1. The van der Waals surface area contributed by atoms with E-state index in [1.807, 2.05) is 12.1 Å². The van der Waals surface area contributed by atoms with Crippen molar-refractivity contribution in [2.45, 2.75) is 34.6 Å². The Bertz CT molecular complexity index is 948. The molecular weight excluding hydrogens is 463 g/mol. The molecule has 0 N–H and O–H groups in total. The summed E-state index contributed by atoms with van der Waals surface area (Å²) in [5.74, 6) is 1.55. The van der Waals surface area contributed by atoms with Crippen LogP contribution >= 0.6 is 22.6 Å². The van der Waals surface area contributed by atoms with Crippen molar-refractivity contribution in [3.63, 3.8) is 0 Å². The van der Waals surface area contributed by atoms with E-state index in [-0.39, 0.29) is 8.96 Å². The molecule has 2 aliphatic rings. The number of methoxy groups -OCH3 is 2. The fourth-order valence-electron chi connectivity index (χ4n) is 5.01. The highest BCUT2D eigenvalue weighted by Gasteiger charge is 2.59. The summed E-state index contributed by atoms with van der Waals surface area (Å²) in [7, 11) is 5.59. The zero-order chi connectivity index (χ0) is 19.9. The lowest BCUT2D eigenvalue weighted by Crippen LogP contribution is -2.60. The molecule has 1 unspecified atom stereocenters. The van der Waals surface area contributed by atoms with Gasteiger partial charge in [0.25, 0.3) is 0 Å². The molecule has 1 aliphatic carbocycles. The second-order valence-corrected chi connectivity index (χ2v) is 9.31. The monoisotopic (exact) mass is 488 g/mol. The molecule has 146 valence electrons. The van der Waals surface area contributed by atoms with Gasteiger partial charge in [-0.25, -0.2) is 0 Å². The highest BCUT2D eigenvalue weighted by Crippen LogP contribution is 2.63. The summed E-state index contributed by atoms with van der Waals surface area (Å²) in [5, 5.41) is 9.79. The van der Waals surface area contributed by atoms with Crippen LogP contribution in [0.3, 0.4) is 0 Å². The number of fused-ring (bicyclic) bond motifs is 1. The standard InChI is InChI=1S/C23H25IN2O2/c1-26-12-9-16-13-20(27-2)21(28-3)14-19(16)23(26,24)22(10-6-11-22)18-8-5-4-7-17(18)15-25/h4-5,7-8,13-14H,6,9-12H2,1-3H3. The van der Waals surface area contributed by atoms with Crippen molar-refractivity contribution < 1.29 is 9.47 Å². The van der Waals surface area contributed by atoms with Gasteiger partial charge >= 0.3 is 0 Å². The highest BCUT2D eigenvalue weighted by atomic mass is 127. The third-order valence-corrected chi connectivity index (χ3v) is 9.05. The smallest absolute Gasteiger partial charge is 0.161 e. The molecule has 0 bridgehead atoms. The summed E-state index contributed by atoms with van der Waals surface area (Å²) in [6.45, 7) is 0.974. The first kappa shape index (κ1) is 19.5. The van der Waals surface area contributed by atoms with Crippen molar-refractivity contribution in [3.05, 3.63) is 58.7 Å². The summed E-state index contributed by atoms with van der Waals surface area (Å²) in [4.78, 5) is 2.47. The van der Waals surface area contributed by atoms with Crippen molar-refractivity contribution in [1.82, 2.24) is 4.90 Å². The minimum atomic E-state index is -0.247.